The van der Waals surface area contributed by atoms with Crippen LogP contribution < -0.4 is 4.52 Å². The molecule has 0 saturated carbocycles. The molecular formula is C12H14NO8P. The van der Waals surface area contributed by atoms with Gasteiger partial charge in [-0.3, -0.25) is 14.6 Å². The monoisotopic (exact) mass is 331 g/mol. The SMILES string of the molecule is COC(=O)C=C(C)OP(=O)(OC)Oc1ccc([N+](=O)[O-])cc1. The summed E-state index contributed by atoms with van der Waals surface area (Å²) in [5.74, 6) is -0.698. The first-order valence-electron chi connectivity index (χ1n) is 5.85. The molecule has 1 aromatic rings. The number of phosphoric ester groups is 1. The third kappa shape index (κ3) is 5.19. The van der Waals surface area contributed by atoms with Crippen molar-refractivity contribution in [3.8, 4) is 5.75 Å². The minimum Gasteiger partial charge on any atom is -0.466 e. The molecule has 1 rings (SSSR count). The molecule has 0 radical (unpaired) electrons. The fraction of sp³-hybridized carbons (Fsp3) is 0.250. The molecule has 0 N–H and O–H groups in total. The van der Waals surface area contributed by atoms with E-state index in [4.69, 9.17) is 9.05 Å². The van der Waals surface area contributed by atoms with E-state index < -0.39 is 18.7 Å². The van der Waals surface area contributed by atoms with Crippen molar-refractivity contribution < 1.29 is 32.6 Å². The lowest BCUT2D eigenvalue weighted by molar-refractivity contribution is -0.384. The number of carbonyl (C=O) groups excluding carboxylic acids is 1. The molecule has 0 aliphatic rings. The first-order valence-corrected chi connectivity index (χ1v) is 7.31. The highest BCUT2D eigenvalue weighted by atomic mass is 31.2. The molecule has 0 fully saturated rings. The van der Waals surface area contributed by atoms with Crippen molar-refractivity contribution >= 4 is 19.5 Å². The lowest BCUT2D eigenvalue weighted by Gasteiger charge is -2.17. The van der Waals surface area contributed by atoms with E-state index in [2.05, 4.69) is 9.26 Å². The number of methoxy groups -OCH3 is 1. The molecule has 0 saturated heterocycles. The number of nitrogens with zero attached hydrogens (tertiary/aromatic N) is 1. The maximum Gasteiger partial charge on any atom is 0.586 e. The molecule has 1 atom stereocenters. The van der Waals surface area contributed by atoms with Gasteiger partial charge in [0.25, 0.3) is 5.69 Å². The molecule has 0 aliphatic heterocycles. The van der Waals surface area contributed by atoms with Crippen LogP contribution >= 0.6 is 7.82 Å². The van der Waals surface area contributed by atoms with Gasteiger partial charge in [-0.15, -0.1) is 0 Å². The van der Waals surface area contributed by atoms with Gasteiger partial charge in [0, 0.05) is 19.2 Å². The van der Waals surface area contributed by atoms with E-state index in [0.717, 1.165) is 13.2 Å². The minimum atomic E-state index is -4.03. The summed E-state index contributed by atoms with van der Waals surface area (Å²) in [6.45, 7) is 1.36. The molecule has 9 nitrogen and oxygen atoms in total. The van der Waals surface area contributed by atoms with Gasteiger partial charge in [-0.25, -0.2) is 9.36 Å². The number of hydrogen-bond acceptors (Lipinski definition) is 8. The lowest BCUT2D eigenvalue weighted by Crippen LogP contribution is -2.02. The summed E-state index contributed by atoms with van der Waals surface area (Å²) in [6.07, 6.45) is 0.963. The Morgan fingerprint density at radius 2 is 1.86 bits per heavy atom. The van der Waals surface area contributed by atoms with Crippen molar-refractivity contribution in [2.75, 3.05) is 14.2 Å². The summed E-state index contributed by atoms with van der Waals surface area (Å²) in [5, 5.41) is 10.5. The second kappa shape index (κ2) is 7.58. The Balaban J connectivity index is 2.86. The zero-order valence-corrected chi connectivity index (χ0v) is 12.9. The van der Waals surface area contributed by atoms with Gasteiger partial charge in [-0.2, -0.15) is 0 Å². The van der Waals surface area contributed by atoms with Crippen LogP contribution in [0.4, 0.5) is 5.69 Å². The average molecular weight is 331 g/mol. The predicted molar refractivity (Wildman–Crippen MR) is 75.2 cm³/mol. The third-order valence-electron chi connectivity index (χ3n) is 2.27. The normalized spacial score (nSPS) is 13.9. The van der Waals surface area contributed by atoms with Crippen LogP contribution in [0.15, 0.2) is 36.1 Å². The first-order chi connectivity index (χ1) is 10.3. The number of benzene rings is 1. The van der Waals surface area contributed by atoms with Crippen LogP contribution in [0, 0.1) is 10.1 Å². The van der Waals surface area contributed by atoms with Crippen LogP contribution in [0.5, 0.6) is 5.75 Å². The highest BCUT2D eigenvalue weighted by molar-refractivity contribution is 7.49. The third-order valence-corrected chi connectivity index (χ3v) is 3.66. The number of esters is 1. The van der Waals surface area contributed by atoms with E-state index in [9.17, 15) is 19.5 Å². The summed E-state index contributed by atoms with van der Waals surface area (Å²) in [4.78, 5) is 21.0. The van der Waals surface area contributed by atoms with Gasteiger partial charge in [0.1, 0.15) is 11.5 Å². The smallest absolute Gasteiger partial charge is 0.466 e. The zero-order chi connectivity index (χ0) is 16.8. The Hall–Kier alpha value is -2.38. The summed E-state index contributed by atoms with van der Waals surface area (Å²) >= 11 is 0. The van der Waals surface area contributed by atoms with E-state index in [1.807, 2.05) is 0 Å². The molecule has 0 amide bonds. The van der Waals surface area contributed by atoms with Crippen molar-refractivity contribution in [1.82, 2.24) is 0 Å². The first kappa shape index (κ1) is 17.7. The Kier molecular flexibility index (Phi) is 6.09. The van der Waals surface area contributed by atoms with Crippen LogP contribution in [0.3, 0.4) is 0 Å². The second-order valence-electron chi connectivity index (χ2n) is 3.84. The largest absolute Gasteiger partial charge is 0.586 e. The fourth-order valence-electron chi connectivity index (χ4n) is 1.28. The molecule has 1 unspecified atom stereocenters. The van der Waals surface area contributed by atoms with E-state index in [0.29, 0.717) is 0 Å². The number of rotatable bonds is 7. The summed E-state index contributed by atoms with van der Waals surface area (Å²) in [5.41, 5.74) is -0.151. The van der Waals surface area contributed by atoms with Gasteiger partial charge in [0.05, 0.1) is 18.1 Å². The van der Waals surface area contributed by atoms with Crippen LogP contribution in [-0.2, 0) is 23.1 Å². The number of nitro groups is 1. The number of non-ortho nitro benzene ring substituents is 1. The second-order valence-corrected chi connectivity index (χ2v) is 5.47. The summed E-state index contributed by atoms with van der Waals surface area (Å²) in [6, 6.07) is 4.83. The summed E-state index contributed by atoms with van der Waals surface area (Å²) in [7, 11) is -1.76. The van der Waals surface area contributed by atoms with Gasteiger partial charge in [-0.1, -0.05) is 0 Å². The van der Waals surface area contributed by atoms with Crippen molar-refractivity contribution in [3.05, 3.63) is 46.2 Å². The Morgan fingerprint density at radius 1 is 1.27 bits per heavy atom. The molecule has 10 heteroatoms. The number of hydrogen-bond donors (Lipinski definition) is 0. The van der Waals surface area contributed by atoms with Gasteiger partial charge in [0.2, 0.25) is 0 Å². The van der Waals surface area contributed by atoms with Crippen molar-refractivity contribution in [3.63, 3.8) is 0 Å². The highest BCUT2D eigenvalue weighted by Gasteiger charge is 2.29. The molecule has 0 aliphatic carbocycles. The quantitative estimate of drug-likeness (QED) is 0.187. The molecule has 0 spiro atoms. The lowest BCUT2D eigenvalue weighted by atomic mass is 10.3. The van der Waals surface area contributed by atoms with Gasteiger partial charge >= 0.3 is 13.8 Å². The van der Waals surface area contributed by atoms with Crippen LogP contribution in [-0.4, -0.2) is 25.1 Å². The van der Waals surface area contributed by atoms with Gasteiger partial charge in [-0.05, 0) is 19.1 Å². The number of phosphoric acid groups is 1. The Labute approximate surface area is 126 Å². The fourth-order valence-corrected chi connectivity index (χ4v) is 2.25. The maximum absolute atomic E-state index is 12.3. The Bertz CT molecular complexity index is 625. The molecule has 0 aromatic heterocycles. The number of nitro benzene ring substituents is 1. The van der Waals surface area contributed by atoms with Crippen LogP contribution in [0.1, 0.15) is 6.92 Å². The van der Waals surface area contributed by atoms with Gasteiger partial charge < -0.3 is 13.8 Å². The molecule has 0 heterocycles. The molecule has 1 aromatic carbocycles. The van der Waals surface area contributed by atoms with E-state index >= 15 is 0 Å². The number of allylic oxidation sites excluding steroid dienone is 1. The zero-order valence-electron chi connectivity index (χ0n) is 12.0. The van der Waals surface area contributed by atoms with Crippen molar-refractivity contribution in [2.45, 2.75) is 6.92 Å². The predicted octanol–water partition coefficient (Wildman–Crippen LogP) is 2.82. The van der Waals surface area contributed by atoms with Crippen molar-refractivity contribution in [1.29, 1.82) is 0 Å². The molecule has 120 valence electrons. The molecule has 22 heavy (non-hydrogen) atoms. The topological polar surface area (TPSA) is 114 Å². The number of carbonyl (C=O) groups is 1. The molecular weight excluding hydrogens is 317 g/mol. The average Bonchev–Trinajstić information content (AvgIpc) is 2.47. The van der Waals surface area contributed by atoms with E-state index in [1.165, 1.54) is 38.3 Å². The van der Waals surface area contributed by atoms with E-state index in [-0.39, 0.29) is 17.2 Å². The standard InChI is InChI=1S/C12H14NO8P/c1-9(8-12(14)18-2)20-22(17,19-3)21-11-6-4-10(5-7-11)13(15)16/h4-8H,1-3H3. The minimum absolute atomic E-state index is 0.0426. The van der Waals surface area contributed by atoms with Crippen LogP contribution in [0.2, 0.25) is 0 Å². The number of ether oxygens (including phenoxy) is 1. The maximum atomic E-state index is 12.3. The van der Waals surface area contributed by atoms with Gasteiger partial charge in [0.15, 0.2) is 0 Å². The van der Waals surface area contributed by atoms with Crippen molar-refractivity contribution in [2.24, 2.45) is 0 Å². The van der Waals surface area contributed by atoms with Crippen LogP contribution in [0.25, 0.3) is 0 Å². The highest BCUT2D eigenvalue weighted by Crippen LogP contribution is 2.50. The van der Waals surface area contributed by atoms with E-state index in [1.54, 1.807) is 0 Å². The Morgan fingerprint density at radius 3 is 2.32 bits per heavy atom. The molecule has 0 bridgehead atoms. The summed E-state index contributed by atoms with van der Waals surface area (Å²) < 4.78 is 31.4.